The van der Waals surface area contributed by atoms with Crippen molar-refractivity contribution in [2.75, 3.05) is 5.32 Å². The first-order chi connectivity index (χ1) is 6.24. The molecule has 0 bridgehead atoms. The Hall–Kier alpha value is -1.77. The van der Waals surface area contributed by atoms with Crippen molar-refractivity contribution in [2.24, 2.45) is 0 Å². The molecule has 0 aliphatic rings. The Kier molecular flexibility index (Phi) is 3.09. The number of anilines is 1. The summed E-state index contributed by atoms with van der Waals surface area (Å²) in [4.78, 5) is 11.1. The highest BCUT2D eigenvalue weighted by molar-refractivity contribution is 6.00. The molecule has 68 valence electrons. The van der Waals surface area contributed by atoms with Crippen molar-refractivity contribution in [1.29, 1.82) is 0 Å². The van der Waals surface area contributed by atoms with E-state index in [1.54, 1.807) is 31.2 Å². The van der Waals surface area contributed by atoms with Crippen LogP contribution in [-0.4, -0.2) is 11.0 Å². The molecule has 1 aromatic carbocycles. The van der Waals surface area contributed by atoms with Crippen LogP contribution in [0.2, 0.25) is 0 Å². The van der Waals surface area contributed by atoms with Crippen LogP contribution in [0.25, 0.3) is 0 Å². The zero-order chi connectivity index (χ0) is 9.68. The number of phenolic OH excluding ortho intramolecular Hbond substituents is 1. The summed E-state index contributed by atoms with van der Waals surface area (Å²) < 4.78 is 0. The minimum atomic E-state index is -0.246. The molecule has 0 fully saturated rings. The molecule has 0 heterocycles. The van der Waals surface area contributed by atoms with Crippen LogP contribution < -0.4 is 5.32 Å². The quantitative estimate of drug-likeness (QED) is 0.535. The van der Waals surface area contributed by atoms with E-state index in [1.165, 1.54) is 12.1 Å². The third kappa shape index (κ3) is 2.63. The minimum absolute atomic E-state index is 0.0698. The lowest BCUT2D eigenvalue weighted by Gasteiger charge is -2.03. The number of amides is 1. The van der Waals surface area contributed by atoms with E-state index in [9.17, 15) is 9.90 Å². The van der Waals surface area contributed by atoms with Crippen LogP contribution in [0.1, 0.15) is 6.92 Å². The summed E-state index contributed by atoms with van der Waals surface area (Å²) in [6, 6.07) is 6.59. The Morgan fingerprint density at radius 3 is 2.77 bits per heavy atom. The molecule has 3 nitrogen and oxygen atoms in total. The second-order valence-electron chi connectivity index (χ2n) is 2.51. The molecule has 1 rings (SSSR count). The fourth-order valence-corrected chi connectivity index (χ4v) is 0.905. The molecule has 0 aliphatic carbocycles. The molecule has 13 heavy (non-hydrogen) atoms. The van der Waals surface area contributed by atoms with Gasteiger partial charge in [-0.3, -0.25) is 4.79 Å². The lowest BCUT2D eigenvalue weighted by Crippen LogP contribution is -2.07. The lowest BCUT2D eigenvalue weighted by atomic mass is 10.3. The van der Waals surface area contributed by atoms with Gasteiger partial charge in [0.1, 0.15) is 5.75 Å². The van der Waals surface area contributed by atoms with Crippen LogP contribution in [-0.2, 0) is 4.79 Å². The van der Waals surface area contributed by atoms with Crippen molar-refractivity contribution < 1.29 is 9.90 Å². The molecule has 0 saturated heterocycles. The van der Waals surface area contributed by atoms with Gasteiger partial charge in [-0.15, -0.1) is 0 Å². The average Bonchev–Trinajstić information content (AvgIpc) is 2.09. The smallest absolute Gasteiger partial charge is 0.248 e. The number of phenols is 1. The monoisotopic (exact) mass is 177 g/mol. The van der Waals surface area contributed by atoms with Crippen LogP contribution >= 0.6 is 0 Å². The van der Waals surface area contributed by atoms with Gasteiger partial charge in [0.05, 0.1) is 5.69 Å². The fourth-order valence-electron chi connectivity index (χ4n) is 0.905. The Bertz CT molecular complexity index is 331. The van der Waals surface area contributed by atoms with Crippen LogP contribution in [0.4, 0.5) is 5.69 Å². The van der Waals surface area contributed by atoms with Gasteiger partial charge in [0.15, 0.2) is 0 Å². The number of allylic oxidation sites excluding steroid dienone is 1. The number of para-hydroxylation sites is 2. The SMILES string of the molecule is C/C=C/C(=O)Nc1ccccc1O. The van der Waals surface area contributed by atoms with Crippen LogP contribution in [0.15, 0.2) is 36.4 Å². The van der Waals surface area contributed by atoms with E-state index in [0.717, 1.165) is 0 Å². The minimum Gasteiger partial charge on any atom is -0.506 e. The molecule has 1 amide bonds. The Morgan fingerprint density at radius 2 is 2.15 bits per heavy atom. The van der Waals surface area contributed by atoms with Crippen LogP contribution in [0.5, 0.6) is 5.75 Å². The summed E-state index contributed by atoms with van der Waals surface area (Å²) in [5, 5.41) is 11.8. The molecule has 2 N–H and O–H groups in total. The first kappa shape index (κ1) is 9.32. The summed E-state index contributed by atoms with van der Waals surface area (Å²) in [6.07, 6.45) is 3.03. The van der Waals surface area contributed by atoms with E-state index in [1.807, 2.05) is 0 Å². The topological polar surface area (TPSA) is 49.3 Å². The number of rotatable bonds is 2. The van der Waals surface area contributed by atoms with Gasteiger partial charge < -0.3 is 10.4 Å². The highest BCUT2D eigenvalue weighted by Gasteiger charge is 2.00. The molecule has 1 aromatic rings. The van der Waals surface area contributed by atoms with Gasteiger partial charge >= 0.3 is 0 Å². The van der Waals surface area contributed by atoms with Crippen molar-refractivity contribution in [3.8, 4) is 5.75 Å². The van der Waals surface area contributed by atoms with Crippen molar-refractivity contribution in [3.63, 3.8) is 0 Å². The first-order valence-electron chi connectivity index (χ1n) is 3.95. The first-order valence-corrected chi connectivity index (χ1v) is 3.95. The number of nitrogens with one attached hydrogen (secondary N) is 1. The number of aromatic hydroxyl groups is 1. The van der Waals surface area contributed by atoms with E-state index < -0.39 is 0 Å². The van der Waals surface area contributed by atoms with Gasteiger partial charge in [0.25, 0.3) is 0 Å². The molecule has 0 radical (unpaired) electrons. The van der Waals surface area contributed by atoms with Gasteiger partial charge in [-0.05, 0) is 25.1 Å². The van der Waals surface area contributed by atoms with Crippen LogP contribution in [0, 0.1) is 0 Å². The second-order valence-corrected chi connectivity index (χ2v) is 2.51. The summed E-state index contributed by atoms with van der Waals surface area (Å²) in [7, 11) is 0. The molecular formula is C10H11NO2. The van der Waals surface area contributed by atoms with Gasteiger partial charge in [0, 0.05) is 0 Å². The van der Waals surface area contributed by atoms with E-state index >= 15 is 0 Å². The molecule has 0 aromatic heterocycles. The van der Waals surface area contributed by atoms with E-state index in [2.05, 4.69) is 5.32 Å². The summed E-state index contributed by atoms with van der Waals surface area (Å²) in [5.41, 5.74) is 0.422. The van der Waals surface area contributed by atoms with Crippen molar-refractivity contribution in [2.45, 2.75) is 6.92 Å². The van der Waals surface area contributed by atoms with E-state index in [0.29, 0.717) is 5.69 Å². The van der Waals surface area contributed by atoms with Gasteiger partial charge in [-0.2, -0.15) is 0 Å². The lowest BCUT2D eigenvalue weighted by molar-refractivity contribution is -0.111. The zero-order valence-electron chi connectivity index (χ0n) is 7.32. The Morgan fingerprint density at radius 1 is 1.46 bits per heavy atom. The van der Waals surface area contributed by atoms with Gasteiger partial charge in [-0.1, -0.05) is 18.2 Å². The maximum Gasteiger partial charge on any atom is 0.248 e. The van der Waals surface area contributed by atoms with Crippen molar-refractivity contribution in [1.82, 2.24) is 0 Å². The third-order valence-corrected chi connectivity index (χ3v) is 1.48. The maximum atomic E-state index is 11.1. The predicted molar refractivity (Wildman–Crippen MR) is 51.6 cm³/mol. The van der Waals surface area contributed by atoms with Gasteiger partial charge in [-0.25, -0.2) is 0 Å². The zero-order valence-corrected chi connectivity index (χ0v) is 7.32. The van der Waals surface area contributed by atoms with Gasteiger partial charge in [0.2, 0.25) is 5.91 Å². The number of hydrogen-bond acceptors (Lipinski definition) is 2. The molecule has 0 spiro atoms. The number of benzene rings is 1. The Labute approximate surface area is 76.7 Å². The molecular weight excluding hydrogens is 166 g/mol. The highest BCUT2D eigenvalue weighted by atomic mass is 16.3. The Balaban J connectivity index is 2.74. The fraction of sp³-hybridized carbons (Fsp3) is 0.100. The second kappa shape index (κ2) is 4.30. The molecule has 0 saturated carbocycles. The molecule has 0 unspecified atom stereocenters. The molecule has 0 aliphatic heterocycles. The third-order valence-electron chi connectivity index (χ3n) is 1.48. The molecule has 3 heteroatoms. The summed E-state index contributed by atoms with van der Waals surface area (Å²) in [6.45, 7) is 1.75. The molecule has 0 atom stereocenters. The average molecular weight is 177 g/mol. The van der Waals surface area contributed by atoms with Crippen molar-refractivity contribution >= 4 is 11.6 Å². The number of carbonyl (C=O) groups is 1. The predicted octanol–water partition coefficient (Wildman–Crippen LogP) is 1.91. The number of carbonyl (C=O) groups excluding carboxylic acids is 1. The van der Waals surface area contributed by atoms with Crippen molar-refractivity contribution in [3.05, 3.63) is 36.4 Å². The maximum absolute atomic E-state index is 11.1. The van der Waals surface area contributed by atoms with E-state index in [-0.39, 0.29) is 11.7 Å². The largest absolute Gasteiger partial charge is 0.506 e. The standard InChI is InChI=1S/C10H11NO2/c1-2-5-10(13)11-8-6-3-4-7-9(8)12/h2-7,12H,1H3,(H,11,13)/b5-2+. The number of hydrogen-bond donors (Lipinski definition) is 2. The summed E-state index contributed by atoms with van der Waals surface area (Å²) in [5.74, 6) is -0.177. The van der Waals surface area contributed by atoms with E-state index in [4.69, 9.17) is 0 Å². The summed E-state index contributed by atoms with van der Waals surface area (Å²) >= 11 is 0. The van der Waals surface area contributed by atoms with Crippen LogP contribution in [0.3, 0.4) is 0 Å². The highest BCUT2D eigenvalue weighted by Crippen LogP contribution is 2.21. The normalized spacial score (nSPS) is 10.2.